The lowest BCUT2D eigenvalue weighted by atomic mass is 10.1. The van der Waals surface area contributed by atoms with Crippen LogP contribution in [0.1, 0.15) is 16.1 Å². The zero-order chi connectivity index (χ0) is 9.80. The molecule has 1 aromatic heterocycles. The molecule has 0 radical (unpaired) electrons. The summed E-state index contributed by atoms with van der Waals surface area (Å²) in [6.07, 6.45) is 1.67. The van der Waals surface area contributed by atoms with Crippen LogP contribution in [0.25, 0.3) is 0 Å². The summed E-state index contributed by atoms with van der Waals surface area (Å²) in [4.78, 5) is 11.6. The van der Waals surface area contributed by atoms with Crippen molar-refractivity contribution >= 4 is 5.78 Å². The molecule has 0 N–H and O–H groups in total. The van der Waals surface area contributed by atoms with E-state index in [1.54, 1.807) is 12.1 Å². The third-order valence-corrected chi connectivity index (χ3v) is 1.84. The SMILES string of the molecule is O=C(Cc1cnon1)c1ccccc1. The first-order valence-electron chi connectivity index (χ1n) is 4.21. The first kappa shape index (κ1) is 8.62. The van der Waals surface area contributed by atoms with Crippen LogP contribution in [-0.2, 0) is 6.42 Å². The van der Waals surface area contributed by atoms with Gasteiger partial charge in [0.15, 0.2) is 5.78 Å². The van der Waals surface area contributed by atoms with Gasteiger partial charge in [0.25, 0.3) is 0 Å². The first-order valence-corrected chi connectivity index (χ1v) is 4.21. The van der Waals surface area contributed by atoms with E-state index in [0.29, 0.717) is 11.3 Å². The van der Waals surface area contributed by atoms with Crippen LogP contribution in [0.3, 0.4) is 0 Å². The van der Waals surface area contributed by atoms with E-state index in [1.165, 1.54) is 6.20 Å². The van der Waals surface area contributed by atoms with Crippen molar-refractivity contribution in [3.63, 3.8) is 0 Å². The third-order valence-electron chi connectivity index (χ3n) is 1.84. The molecular weight excluding hydrogens is 180 g/mol. The number of nitrogens with zero attached hydrogens (tertiary/aromatic N) is 2. The maximum Gasteiger partial charge on any atom is 0.169 e. The van der Waals surface area contributed by atoms with E-state index in [-0.39, 0.29) is 12.2 Å². The van der Waals surface area contributed by atoms with Crippen molar-refractivity contribution in [2.45, 2.75) is 6.42 Å². The van der Waals surface area contributed by atoms with Gasteiger partial charge in [0.1, 0.15) is 5.69 Å². The normalized spacial score (nSPS) is 10.0. The fraction of sp³-hybridized carbons (Fsp3) is 0.100. The highest BCUT2D eigenvalue weighted by Crippen LogP contribution is 2.04. The van der Waals surface area contributed by atoms with E-state index in [1.807, 2.05) is 18.2 Å². The van der Waals surface area contributed by atoms with Crippen molar-refractivity contribution in [1.29, 1.82) is 0 Å². The molecule has 0 bridgehead atoms. The molecule has 0 amide bonds. The molecule has 4 nitrogen and oxygen atoms in total. The summed E-state index contributed by atoms with van der Waals surface area (Å²) in [5.41, 5.74) is 1.23. The van der Waals surface area contributed by atoms with Gasteiger partial charge in [0.2, 0.25) is 0 Å². The summed E-state index contributed by atoms with van der Waals surface area (Å²) in [5, 5.41) is 7.01. The Hall–Kier alpha value is -1.97. The smallest absolute Gasteiger partial charge is 0.169 e. The number of rotatable bonds is 3. The van der Waals surface area contributed by atoms with Gasteiger partial charge < -0.3 is 0 Å². The molecule has 0 saturated heterocycles. The van der Waals surface area contributed by atoms with E-state index >= 15 is 0 Å². The lowest BCUT2D eigenvalue weighted by molar-refractivity contribution is 0.0990. The second kappa shape index (κ2) is 3.83. The number of carbonyl (C=O) groups is 1. The Kier molecular flexibility index (Phi) is 2.36. The fourth-order valence-corrected chi connectivity index (χ4v) is 1.15. The molecule has 0 spiro atoms. The Bertz CT molecular complexity index is 409. The zero-order valence-corrected chi connectivity index (χ0v) is 7.38. The van der Waals surface area contributed by atoms with Gasteiger partial charge in [-0.1, -0.05) is 40.6 Å². The number of hydrogen-bond donors (Lipinski definition) is 0. The van der Waals surface area contributed by atoms with Gasteiger partial charge in [-0.3, -0.25) is 4.79 Å². The highest BCUT2D eigenvalue weighted by Gasteiger charge is 2.08. The molecule has 0 aliphatic heterocycles. The molecule has 0 aliphatic rings. The number of hydrogen-bond acceptors (Lipinski definition) is 4. The van der Waals surface area contributed by atoms with Crippen LogP contribution >= 0.6 is 0 Å². The van der Waals surface area contributed by atoms with Crippen molar-refractivity contribution in [3.8, 4) is 0 Å². The van der Waals surface area contributed by atoms with Gasteiger partial charge in [0.05, 0.1) is 12.6 Å². The first-order chi connectivity index (χ1) is 6.86. The molecule has 1 aromatic carbocycles. The molecule has 0 aliphatic carbocycles. The molecule has 0 saturated carbocycles. The van der Waals surface area contributed by atoms with Crippen LogP contribution in [0.2, 0.25) is 0 Å². The minimum absolute atomic E-state index is 0.0151. The quantitative estimate of drug-likeness (QED) is 0.685. The summed E-state index contributed by atoms with van der Waals surface area (Å²) < 4.78 is 4.40. The van der Waals surface area contributed by atoms with Crippen molar-refractivity contribution < 1.29 is 9.42 Å². The van der Waals surface area contributed by atoms with Crippen LogP contribution < -0.4 is 0 Å². The number of ketones is 1. The van der Waals surface area contributed by atoms with Crippen LogP contribution in [-0.4, -0.2) is 16.1 Å². The van der Waals surface area contributed by atoms with Crippen LogP contribution in [0.4, 0.5) is 0 Å². The predicted octanol–water partition coefficient (Wildman–Crippen LogP) is 1.49. The highest BCUT2D eigenvalue weighted by molar-refractivity contribution is 5.97. The molecule has 4 heteroatoms. The van der Waals surface area contributed by atoms with Gasteiger partial charge >= 0.3 is 0 Å². The van der Waals surface area contributed by atoms with E-state index in [9.17, 15) is 4.79 Å². The molecular formula is C10H8N2O2. The molecule has 0 fully saturated rings. The van der Waals surface area contributed by atoms with E-state index in [0.717, 1.165) is 0 Å². The van der Waals surface area contributed by atoms with E-state index in [2.05, 4.69) is 14.9 Å². The molecule has 0 unspecified atom stereocenters. The molecule has 14 heavy (non-hydrogen) atoms. The lowest BCUT2D eigenvalue weighted by Gasteiger charge is -1.95. The van der Waals surface area contributed by atoms with Crippen LogP contribution in [0.15, 0.2) is 41.2 Å². The fourth-order valence-electron chi connectivity index (χ4n) is 1.15. The van der Waals surface area contributed by atoms with Crippen molar-refractivity contribution in [3.05, 3.63) is 47.8 Å². The van der Waals surface area contributed by atoms with Gasteiger partial charge in [0, 0.05) is 5.56 Å². The minimum atomic E-state index is 0.0151. The van der Waals surface area contributed by atoms with Crippen molar-refractivity contribution in [2.24, 2.45) is 0 Å². The molecule has 0 atom stereocenters. The Balaban J connectivity index is 2.11. The topological polar surface area (TPSA) is 56.0 Å². The van der Waals surface area contributed by atoms with Crippen LogP contribution in [0.5, 0.6) is 0 Å². The second-order valence-corrected chi connectivity index (χ2v) is 2.86. The number of carbonyl (C=O) groups excluding carboxylic acids is 1. The number of benzene rings is 1. The average Bonchev–Trinajstić information content (AvgIpc) is 2.72. The monoisotopic (exact) mass is 188 g/mol. The Morgan fingerprint density at radius 1 is 1.29 bits per heavy atom. The number of Topliss-reactive ketones (excluding diaryl/α,β-unsaturated/α-hetero) is 1. The summed E-state index contributed by atoms with van der Waals surface area (Å²) in [7, 11) is 0. The average molecular weight is 188 g/mol. The summed E-state index contributed by atoms with van der Waals surface area (Å²) in [5.74, 6) is 0.0151. The Morgan fingerprint density at radius 2 is 2.07 bits per heavy atom. The van der Waals surface area contributed by atoms with E-state index in [4.69, 9.17) is 0 Å². The minimum Gasteiger partial charge on any atom is -0.294 e. The number of aromatic nitrogens is 2. The largest absolute Gasteiger partial charge is 0.294 e. The predicted molar refractivity (Wildman–Crippen MR) is 48.8 cm³/mol. The van der Waals surface area contributed by atoms with E-state index < -0.39 is 0 Å². The summed E-state index contributed by atoms with van der Waals surface area (Å²) in [6.45, 7) is 0. The van der Waals surface area contributed by atoms with Gasteiger partial charge in [-0.05, 0) is 0 Å². The lowest BCUT2D eigenvalue weighted by Crippen LogP contribution is -2.03. The second-order valence-electron chi connectivity index (χ2n) is 2.86. The van der Waals surface area contributed by atoms with Crippen molar-refractivity contribution in [1.82, 2.24) is 10.3 Å². The standard InChI is InChI=1S/C10H8N2O2/c13-10(6-9-7-11-14-12-9)8-4-2-1-3-5-8/h1-5,7H,6H2. The molecule has 70 valence electrons. The van der Waals surface area contributed by atoms with Gasteiger partial charge in [-0.2, -0.15) is 0 Å². The molecule has 1 heterocycles. The maximum atomic E-state index is 11.6. The Labute approximate surface area is 80.5 Å². The molecule has 2 aromatic rings. The third kappa shape index (κ3) is 1.85. The van der Waals surface area contributed by atoms with Gasteiger partial charge in [-0.25, -0.2) is 4.63 Å². The summed E-state index contributed by atoms with van der Waals surface area (Å²) in [6, 6.07) is 9.07. The summed E-state index contributed by atoms with van der Waals surface area (Å²) >= 11 is 0. The maximum absolute atomic E-state index is 11.6. The molecule has 2 rings (SSSR count). The van der Waals surface area contributed by atoms with Crippen molar-refractivity contribution in [2.75, 3.05) is 0 Å². The zero-order valence-electron chi connectivity index (χ0n) is 7.38. The Morgan fingerprint density at radius 3 is 2.71 bits per heavy atom. The van der Waals surface area contributed by atoms with Gasteiger partial charge in [-0.15, -0.1) is 0 Å². The highest BCUT2D eigenvalue weighted by atomic mass is 16.6. The van der Waals surface area contributed by atoms with Crippen LogP contribution in [0, 0.1) is 0 Å².